The van der Waals surface area contributed by atoms with Crippen molar-refractivity contribution in [2.75, 3.05) is 5.32 Å². The number of Topliss-reactive ketones (excluding diaryl/α,β-unsaturated/α-hetero) is 1. The van der Waals surface area contributed by atoms with Crippen LogP contribution >= 0.6 is 15.9 Å². The predicted octanol–water partition coefficient (Wildman–Crippen LogP) is 3.97. The van der Waals surface area contributed by atoms with Crippen LogP contribution in [0.1, 0.15) is 31.8 Å². The minimum atomic E-state index is -6.56. The molecule has 0 fully saturated rings. The third-order valence-corrected chi connectivity index (χ3v) is 6.12. The SMILES string of the molecule is O=C(Nc1cccc(C(=O)Cc2c(Br)cc(C(F)(C(F)(F)F)C(F)(F)F)cc2OC(F)F)c1F)c1cc[nH+]cc1.[Cl-]. The lowest BCUT2D eigenvalue weighted by Crippen LogP contribution is -3.00. The Bertz CT molecular complexity index is 1410. The van der Waals surface area contributed by atoms with Crippen LogP contribution < -0.4 is 27.4 Å². The largest absolute Gasteiger partial charge is 1.00 e. The molecule has 1 aromatic heterocycles. The molecule has 5 nitrogen and oxygen atoms in total. The van der Waals surface area contributed by atoms with Crippen LogP contribution in [-0.2, 0) is 12.1 Å². The van der Waals surface area contributed by atoms with Crippen LogP contribution in [0.15, 0.2) is 59.3 Å². The fraction of sp³-hybridized carbons (Fsp3) is 0.208. The predicted molar refractivity (Wildman–Crippen MR) is 121 cm³/mol. The van der Waals surface area contributed by atoms with E-state index in [4.69, 9.17) is 0 Å². The molecule has 1 heterocycles. The molecule has 0 aliphatic rings. The van der Waals surface area contributed by atoms with Gasteiger partial charge in [-0.3, -0.25) is 9.59 Å². The van der Waals surface area contributed by atoms with Gasteiger partial charge in [-0.1, -0.05) is 22.0 Å². The van der Waals surface area contributed by atoms with Gasteiger partial charge in [0, 0.05) is 34.2 Å². The lowest BCUT2D eigenvalue weighted by Gasteiger charge is -2.31. The molecule has 3 rings (SSSR count). The summed E-state index contributed by atoms with van der Waals surface area (Å²) in [5.74, 6) is -4.64. The lowest BCUT2D eigenvalue weighted by atomic mass is 9.91. The van der Waals surface area contributed by atoms with Crippen molar-refractivity contribution in [1.82, 2.24) is 0 Å². The van der Waals surface area contributed by atoms with E-state index in [1.54, 1.807) is 0 Å². The third-order valence-electron chi connectivity index (χ3n) is 5.41. The molecule has 3 aromatic rings. The van der Waals surface area contributed by atoms with Crippen molar-refractivity contribution >= 4 is 33.3 Å². The fourth-order valence-corrected chi connectivity index (χ4v) is 4.09. The van der Waals surface area contributed by atoms with E-state index in [1.165, 1.54) is 24.5 Å². The monoisotopic (exact) mass is 682 g/mol. The van der Waals surface area contributed by atoms with Gasteiger partial charge in [0.15, 0.2) is 24.0 Å². The first kappa shape index (κ1) is 33.8. The zero-order valence-electron chi connectivity index (χ0n) is 19.7. The maximum atomic E-state index is 15.1. The molecule has 0 aliphatic carbocycles. The van der Waals surface area contributed by atoms with E-state index in [9.17, 15) is 49.1 Å². The highest BCUT2D eigenvalue weighted by atomic mass is 79.9. The van der Waals surface area contributed by atoms with E-state index in [1.807, 2.05) is 0 Å². The van der Waals surface area contributed by atoms with E-state index < -0.39 is 81.2 Å². The average Bonchev–Trinajstić information content (AvgIpc) is 2.85. The molecule has 0 spiro atoms. The van der Waals surface area contributed by atoms with Gasteiger partial charge in [-0.15, -0.1) is 0 Å². The van der Waals surface area contributed by atoms with E-state index in [0.717, 1.165) is 18.2 Å². The summed E-state index contributed by atoms with van der Waals surface area (Å²) in [6.07, 6.45) is -11.4. The maximum absolute atomic E-state index is 15.1. The standard InChI is InChI=1S/C24H13BrF10N2O3.ClH/c25-15-8-12(22(29,23(30,31)32)24(33,34)35)9-18(40-21(27)28)14(15)10-17(38)13-2-1-3-16(19(13)26)37-20(39)11-4-6-36-7-5-11;/h1-9,21H,10H2,(H,37,39);1H. The highest BCUT2D eigenvalue weighted by molar-refractivity contribution is 9.10. The topological polar surface area (TPSA) is 69.5 Å². The van der Waals surface area contributed by atoms with Gasteiger partial charge in [0.25, 0.3) is 5.91 Å². The minimum absolute atomic E-state index is 0. The second-order valence-electron chi connectivity index (χ2n) is 7.98. The second-order valence-corrected chi connectivity index (χ2v) is 8.83. The lowest BCUT2D eigenvalue weighted by molar-refractivity contribution is -0.378. The number of anilines is 1. The van der Waals surface area contributed by atoms with Gasteiger partial charge in [-0.25, -0.2) is 13.8 Å². The molecule has 41 heavy (non-hydrogen) atoms. The van der Waals surface area contributed by atoms with E-state index >= 15 is 4.39 Å². The second kappa shape index (κ2) is 12.6. The summed E-state index contributed by atoms with van der Waals surface area (Å²) in [4.78, 5) is 27.9. The zero-order valence-corrected chi connectivity index (χ0v) is 22.1. The Balaban J connectivity index is 0.00000588. The van der Waals surface area contributed by atoms with Gasteiger partial charge in [0.2, 0.25) is 0 Å². The fourth-order valence-electron chi connectivity index (χ4n) is 3.50. The Hall–Kier alpha value is -3.40. The number of amides is 1. The number of alkyl halides is 9. The summed E-state index contributed by atoms with van der Waals surface area (Å²) >= 11 is 2.57. The van der Waals surface area contributed by atoms with Crippen LogP contribution in [0.4, 0.5) is 49.6 Å². The first-order valence-electron chi connectivity index (χ1n) is 10.7. The number of carbonyl (C=O) groups is 2. The first-order chi connectivity index (χ1) is 18.5. The number of halogens is 12. The number of rotatable bonds is 8. The Labute approximate surface area is 238 Å². The van der Waals surface area contributed by atoms with Gasteiger partial charge in [-0.2, -0.15) is 35.1 Å². The molecule has 0 aliphatic heterocycles. The number of aromatic amines is 1. The molecule has 0 atom stereocenters. The Morgan fingerprint density at radius 2 is 1.54 bits per heavy atom. The smallest absolute Gasteiger partial charge is 0.435 e. The highest BCUT2D eigenvalue weighted by Gasteiger charge is 2.73. The number of hydrogen-bond acceptors (Lipinski definition) is 3. The molecule has 0 radical (unpaired) electrons. The summed E-state index contributed by atoms with van der Waals surface area (Å²) in [7, 11) is 0. The van der Waals surface area contributed by atoms with Crippen LogP contribution in [0, 0.1) is 5.82 Å². The van der Waals surface area contributed by atoms with Crippen molar-refractivity contribution in [3.05, 3.63) is 87.4 Å². The number of nitrogens with one attached hydrogen (secondary N) is 2. The molecule has 0 saturated carbocycles. The van der Waals surface area contributed by atoms with Crippen LogP contribution in [0.25, 0.3) is 0 Å². The normalized spacial score (nSPS) is 12.1. The summed E-state index contributed by atoms with van der Waals surface area (Å²) in [6, 6.07) is 5.63. The van der Waals surface area contributed by atoms with Gasteiger partial charge >= 0.3 is 24.6 Å². The molecule has 222 valence electrons. The zero-order chi connectivity index (χ0) is 30.0. The number of benzene rings is 2. The molecule has 17 heteroatoms. The average molecular weight is 684 g/mol. The van der Waals surface area contributed by atoms with Crippen molar-refractivity contribution in [3.63, 3.8) is 0 Å². The molecular weight excluding hydrogens is 670 g/mol. The minimum Gasteiger partial charge on any atom is -1.00 e. The van der Waals surface area contributed by atoms with Gasteiger partial charge < -0.3 is 22.5 Å². The van der Waals surface area contributed by atoms with E-state index in [0.29, 0.717) is 0 Å². The number of hydrogen-bond donors (Lipinski definition) is 1. The van der Waals surface area contributed by atoms with Crippen molar-refractivity contribution in [2.45, 2.75) is 31.1 Å². The Morgan fingerprint density at radius 1 is 0.951 bits per heavy atom. The third kappa shape index (κ3) is 7.09. The Kier molecular flexibility index (Phi) is 10.4. The first-order valence-corrected chi connectivity index (χ1v) is 11.5. The van der Waals surface area contributed by atoms with Gasteiger partial charge in [0.1, 0.15) is 5.75 Å². The number of ether oxygens (including phenoxy) is 1. The van der Waals surface area contributed by atoms with Crippen LogP contribution in [-0.4, -0.2) is 30.7 Å². The molecule has 0 saturated heterocycles. The summed E-state index contributed by atoms with van der Waals surface area (Å²) < 4.78 is 138. The van der Waals surface area contributed by atoms with Crippen LogP contribution in [0.5, 0.6) is 5.75 Å². The van der Waals surface area contributed by atoms with Crippen molar-refractivity contribution in [3.8, 4) is 5.75 Å². The Morgan fingerprint density at radius 3 is 2.07 bits per heavy atom. The van der Waals surface area contributed by atoms with Gasteiger partial charge in [-0.05, 0) is 24.3 Å². The molecule has 0 bridgehead atoms. The maximum Gasteiger partial charge on any atom is 0.435 e. The molecular formula is C24H14BrClF10N2O3. The van der Waals surface area contributed by atoms with Crippen molar-refractivity contribution in [2.24, 2.45) is 0 Å². The van der Waals surface area contributed by atoms with Crippen molar-refractivity contribution in [1.29, 1.82) is 0 Å². The number of pyridine rings is 1. The van der Waals surface area contributed by atoms with Crippen molar-refractivity contribution < 1.29 is 75.6 Å². The number of carbonyl (C=O) groups excluding carboxylic acids is 2. The molecule has 2 aromatic carbocycles. The number of aromatic nitrogens is 1. The van der Waals surface area contributed by atoms with Gasteiger partial charge in [0.05, 0.1) is 16.8 Å². The number of ketones is 1. The molecule has 0 unspecified atom stereocenters. The number of H-pyrrole nitrogens is 1. The summed E-state index contributed by atoms with van der Waals surface area (Å²) in [5.41, 5.74) is -9.95. The van der Waals surface area contributed by atoms with Crippen LogP contribution in [0.3, 0.4) is 0 Å². The van der Waals surface area contributed by atoms with E-state index in [-0.39, 0.29) is 30.1 Å². The highest BCUT2D eigenvalue weighted by Crippen LogP contribution is 2.54. The summed E-state index contributed by atoms with van der Waals surface area (Å²) in [6.45, 7) is -3.81. The molecule has 2 N–H and O–H groups in total. The van der Waals surface area contributed by atoms with Crippen LogP contribution in [0.2, 0.25) is 0 Å². The molecule has 1 amide bonds. The summed E-state index contributed by atoms with van der Waals surface area (Å²) in [5, 5.41) is 2.22. The quantitative estimate of drug-likeness (QED) is 0.289. The van der Waals surface area contributed by atoms with E-state index in [2.05, 4.69) is 31.0 Å².